The maximum atomic E-state index is 10.7. The van der Waals surface area contributed by atoms with Crippen LogP contribution in [0.4, 0.5) is 5.69 Å². The van der Waals surface area contributed by atoms with E-state index in [-0.39, 0.29) is 24.8 Å². The van der Waals surface area contributed by atoms with Gasteiger partial charge in [-0.2, -0.15) is 0 Å². The van der Waals surface area contributed by atoms with Crippen molar-refractivity contribution in [3.8, 4) is 5.88 Å². The first-order valence-corrected chi connectivity index (χ1v) is 4.70. The van der Waals surface area contributed by atoms with E-state index in [1.807, 2.05) is 0 Å². The Morgan fingerprint density at radius 1 is 1.62 bits per heavy atom. The van der Waals surface area contributed by atoms with Gasteiger partial charge in [-0.05, 0) is 6.07 Å². The average Bonchev–Trinajstić information content (AvgIpc) is 2.65. The number of hydrogen-bond acceptors (Lipinski definition) is 6. The zero-order valence-electron chi connectivity index (χ0n) is 8.28. The van der Waals surface area contributed by atoms with Gasteiger partial charge >= 0.3 is 5.69 Å². The molecule has 16 heavy (non-hydrogen) atoms. The molecule has 0 radical (unpaired) electrons. The predicted molar refractivity (Wildman–Crippen MR) is 52.1 cm³/mol. The summed E-state index contributed by atoms with van der Waals surface area (Å²) in [4.78, 5) is 13.9. The van der Waals surface area contributed by atoms with Crippen LogP contribution in [0, 0.1) is 10.1 Å². The Morgan fingerprint density at radius 3 is 3.06 bits per heavy atom. The van der Waals surface area contributed by atoms with E-state index < -0.39 is 17.1 Å². The standard InChI is InChI=1S/C9H10N2O5/c12-7-4-15-5-8(7)16-9-6(11(13)14)2-1-3-10-9/h1-3,7-8,12H,4-5H2/t7-,8-/m0/s1. The van der Waals surface area contributed by atoms with Crippen LogP contribution in [0.5, 0.6) is 5.88 Å². The summed E-state index contributed by atoms with van der Waals surface area (Å²) in [7, 11) is 0. The highest BCUT2D eigenvalue weighted by atomic mass is 16.6. The molecular weight excluding hydrogens is 216 g/mol. The number of aromatic nitrogens is 1. The van der Waals surface area contributed by atoms with Crippen LogP contribution in [0.2, 0.25) is 0 Å². The number of rotatable bonds is 3. The number of nitrogens with zero attached hydrogens (tertiary/aromatic N) is 2. The SMILES string of the molecule is O=[N+]([O-])c1cccnc1O[C@H]1COC[C@@H]1O. The van der Waals surface area contributed by atoms with Crippen LogP contribution in [0.25, 0.3) is 0 Å². The first-order chi connectivity index (χ1) is 7.68. The van der Waals surface area contributed by atoms with Crippen molar-refractivity contribution in [1.29, 1.82) is 0 Å². The molecule has 0 aromatic carbocycles. The summed E-state index contributed by atoms with van der Waals surface area (Å²) in [6.45, 7) is 0.375. The quantitative estimate of drug-likeness (QED) is 0.581. The predicted octanol–water partition coefficient (Wildman–Crippen LogP) is 0.128. The van der Waals surface area contributed by atoms with Crippen molar-refractivity contribution in [2.75, 3.05) is 13.2 Å². The average molecular weight is 226 g/mol. The second kappa shape index (κ2) is 4.42. The zero-order valence-corrected chi connectivity index (χ0v) is 8.28. The first-order valence-electron chi connectivity index (χ1n) is 4.70. The van der Waals surface area contributed by atoms with Crippen LogP contribution in [0.15, 0.2) is 18.3 Å². The van der Waals surface area contributed by atoms with E-state index in [9.17, 15) is 15.2 Å². The molecule has 0 spiro atoms. The molecule has 0 amide bonds. The van der Waals surface area contributed by atoms with Crippen molar-refractivity contribution in [1.82, 2.24) is 4.98 Å². The van der Waals surface area contributed by atoms with Gasteiger partial charge in [0.2, 0.25) is 0 Å². The molecule has 1 aliphatic heterocycles. The zero-order chi connectivity index (χ0) is 11.5. The molecule has 1 aromatic heterocycles. The molecule has 2 atom stereocenters. The Balaban J connectivity index is 2.17. The Bertz CT molecular complexity index is 397. The molecule has 7 heteroatoms. The number of nitro groups is 1. The van der Waals surface area contributed by atoms with E-state index in [1.165, 1.54) is 18.3 Å². The minimum atomic E-state index is -0.776. The summed E-state index contributed by atoms with van der Waals surface area (Å²) < 4.78 is 10.2. The van der Waals surface area contributed by atoms with Gasteiger partial charge < -0.3 is 14.6 Å². The van der Waals surface area contributed by atoms with Crippen molar-refractivity contribution in [2.45, 2.75) is 12.2 Å². The summed E-state index contributed by atoms with van der Waals surface area (Å²) in [5.41, 5.74) is -0.221. The molecule has 1 aromatic rings. The van der Waals surface area contributed by atoms with Crippen molar-refractivity contribution >= 4 is 5.69 Å². The summed E-state index contributed by atoms with van der Waals surface area (Å²) >= 11 is 0. The van der Waals surface area contributed by atoms with E-state index in [4.69, 9.17) is 9.47 Å². The minimum Gasteiger partial charge on any atom is -0.464 e. The molecule has 2 heterocycles. The number of aliphatic hydroxyl groups is 1. The van der Waals surface area contributed by atoms with Crippen molar-refractivity contribution in [3.05, 3.63) is 28.4 Å². The number of ether oxygens (including phenoxy) is 2. The van der Waals surface area contributed by atoms with Gasteiger partial charge in [0.15, 0.2) is 6.10 Å². The van der Waals surface area contributed by atoms with Crippen molar-refractivity contribution < 1.29 is 19.5 Å². The lowest BCUT2D eigenvalue weighted by Crippen LogP contribution is -2.30. The Morgan fingerprint density at radius 2 is 2.44 bits per heavy atom. The highest BCUT2D eigenvalue weighted by Gasteiger charge is 2.30. The minimum absolute atomic E-state index is 0.0953. The van der Waals surface area contributed by atoms with Crippen molar-refractivity contribution in [3.63, 3.8) is 0 Å². The van der Waals surface area contributed by atoms with Gasteiger partial charge in [-0.25, -0.2) is 4.98 Å². The second-order valence-corrected chi connectivity index (χ2v) is 3.35. The molecular formula is C9H10N2O5. The van der Waals surface area contributed by atoms with Gasteiger partial charge in [-0.15, -0.1) is 0 Å². The van der Waals surface area contributed by atoms with Crippen molar-refractivity contribution in [2.24, 2.45) is 0 Å². The van der Waals surface area contributed by atoms with Gasteiger partial charge in [0.25, 0.3) is 5.88 Å². The third kappa shape index (κ3) is 2.10. The van der Waals surface area contributed by atoms with Crippen LogP contribution in [0.3, 0.4) is 0 Å². The third-order valence-electron chi connectivity index (χ3n) is 2.21. The fraction of sp³-hybridized carbons (Fsp3) is 0.444. The topological polar surface area (TPSA) is 94.7 Å². The van der Waals surface area contributed by atoms with Gasteiger partial charge in [-0.3, -0.25) is 10.1 Å². The van der Waals surface area contributed by atoms with E-state index in [0.717, 1.165) is 0 Å². The lowest BCUT2D eigenvalue weighted by molar-refractivity contribution is -0.386. The van der Waals surface area contributed by atoms with E-state index in [2.05, 4.69) is 4.98 Å². The monoisotopic (exact) mass is 226 g/mol. The largest absolute Gasteiger partial charge is 0.464 e. The van der Waals surface area contributed by atoms with Crippen LogP contribution in [0.1, 0.15) is 0 Å². The lowest BCUT2D eigenvalue weighted by Gasteiger charge is -2.13. The summed E-state index contributed by atoms with van der Waals surface area (Å²) in [5.74, 6) is -0.0953. The first kappa shape index (κ1) is 10.8. The normalized spacial score (nSPS) is 24.3. The maximum Gasteiger partial charge on any atom is 0.330 e. The van der Waals surface area contributed by atoms with Crippen LogP contribution < -0.4 is 4.74 Å². The molecule has 7 nitrogen and oxygen atoms in total. The molecule has 1 aliphatic rings. The smallest absolute Gasteiger partial charge is 0.330 e. The molecule has 1 saturated heterocycles. The third-order valence-corrected chi connectivity index (χ3v) is 2.21. The second-order valence-electron chi connectivity index (χ2n) is 3.35. The molecule has 2 rings (SSSR count). The Kier molecular flexibility index (Phi) is 2.97. The highest BCUT2D eigenvalue weighted by Crippen LogP contribution is 2.25. The molecule has 86 valence electrons. The number of hydrogen-bond donors (Lipinski definition) is 1. The van der Waals surface area contributed by atoms with Gasteiger partial charge in [-0.1, -0.05) is 0 Å². The molecule has 0 saturated carbocycles. The van der Waals surface area contributed by atoms with E-state index >= 15 is 0 Å². The number of pyridine rings is 1. The Labute approximate surface area is 90.8 Å². The summed E-state index contributed by atoms with van der Waals surface area (Å²) in [5, 5.41) is 20.1. The molecule has 0 unspecified atom stereocenters. The molecule has 0 aliphatic carbocycles. The van der Waals surface area contributed by atoms with Gasteiger partial charge in [0, 0.05) is 12.3 Å². The summed E-state index contributed by atoms with van der Waals surface area (Å²) in [6, 6.07) is 2.75. The fourth-order valence-corrected chi connectivity index (χ4v) is 1.39. The highest BCUT2D eigenvalue weighted by molar-refractivity contribution is 5.39. The molecule has 1 N–H and O–H groups in total. The van der Waals surface area contributed by atoms with E-state index in [1.54, 1.807) is 0 Å². The van der Waals surface area contributed by atoms with Crippen LogP contribution in [-0.2, 0) is 4.74 Å². The maximum absolute atomic E-state index is 10.7. The number of aliphatic hydroxyl groups excluding tert-OH is 1. The lowest BCUT2D eigenvalue weighted by atomic mass is 10.2. The molecule has 1 fully saturated rings. The van der Waals surface area contributed by atoms with Gasteiger partial charge in [0.1, 0.15) is 6.10 Å². The molecule has 0 bridgehead atoms. The van der Waals surface area contributed by atoms with Crippen LogP contribution in [-0.4, -0.2) is 40.4 Å². The summed E-state index contributed by atoms with van der Waals surface area (Å²) in [6.07, 6.45) is 0.0139. The Hall–Kier alpha value is -1.73. The van der Waals surface area contributed by atoms with Gasteiger partial charge in [0.05, 0.1) is 18.1 Å². The van der Waals surface area contributed by atoms with Crippen LogP contribution >= 0.6 is 0 Å². The van der Waals surface area contributed by atoms with E-state index in [0.29, 0.717) is 0 Å². The fourth-order valence-electron chi connectivity index (χ4n) is 1.39.